The van der Waals surface area contributed by atoms with E-state index < -0.39 is 0 Å². The molecular formula is C14H22N2O. The molecule has 17 heavy (non-hydrogen) atoms. The Bertz CT molecular complexity index is 348. The molecule has 3 nitrogen and oxygen atoms in total. The van der Waals surface area contributed by atoms with Gasteiger partial charge in [0.2, 0.25) is 0 Å². The maximum Gasteiger partial charge on any atom is 0.123 e. The quantitative estimate of drug-likeness (QED) is 0.842. The van der Waals surface area contributed by atoms with E-state index in [1.807, 2.05) is 13.0 Å². The van der Waals surface area contributed by atoms with E-state index in [1.54, 1.807) is 0 Å². The van der Waals surface area contributed by atoms with Gasteiger partial charge in [-0.05, 0) is 33.0 Å². The second kappa shape index (κ2) is 6.03. The van der Waals surface area contributed by atoms with Gasteiger partial charge in [-0.25, -0.2) is 0 Å². The molecule has 0 bridgehead atoms. The zero-order valence-electron chi connectivity index (χ0n) is 10.8. The molecule has 1 aromatic rings. The van der Waals surface area contributed by atoms with Gasteiger partial charge in [0.15, 0.2) is 0 Å². The van der Waals surface area contributed by atoms with E-state index in [9.17, 15) is 0 Å². The molecule has 3 heteroatoms. The highest BCUT2D eigenvalue weighted by Crippen LogP contribution is 2.21. The van der Waals surface area contributed by atoms with Crippen molar-refractivity contribution in [1.82, 2.24) is 10.2 Å². The van der Waals surface area contributed by atoms with E-state index in [1.165, 1.54) is 12.0 Å². The van der Waals surface area contributed by atoms with Crippen molar-refractivity contribution in [3.05, 3.63) is 29.8 Å². The standard InChI is InChI=1S/C14H22N2O/c1-3-17-14-7-5-4-6-12(14)11-16(2)13-8-9-15-10-13/h4-7,13,15H,3,8-11H2,1-2H3. The van der Waals surface area contributed by atoms with Gasteiger partial charge >= 0.3 is 0 Å². The number of nitrogens with one attached hydrogen (secondary N) is 1. The van der Waals surface area contributed by atoms with Crippen molar-refractivity contribution >= 4 is 0 Å². The van der Waals surface area contributed by atoms with Gasteiger partial charge in [-0.15, -0.1) is 0 Å². The molecule has 1 aliphatic rings. The van der Waals surface area contributed by atoms with Crippen LogP contribution in [0.3, 0.4) is 0 Å². The lowest BCUT2D eigenvalue weighted by atomic mass is 10.1. The number of hydrogen-bond acceptors (Lipinski definition) is 3. The second-order valence-corrected chi connectivity index (χ2v) is 4.60. The lowest BCUT2D eigenvalue weighted by Gasteiger charge is -2.24. The van der Waals surface area contributed by atoms with Gasteiger partial charge in [-0.2, -0.15) is 0 Å². The number of ether oxygens (including phenoxy) is 1. The molecule has 1 unspecified atom stereocenters. The number of hydrogen-bond donors (Lipinski definition) is 1. The second-order valence-electron chi connectivity index (χ2n) is 4.60. The van der Waals surface area contributed by atoms with Crippen LogP contribution < -0.4 is 10.1 Å². The van der Waals surface area contributed by atoms with Crippen molar-refractivity contribution in [1.29, 1.82) is 0 Å². The molecule has 1 heterocycles. The van der Waals surface area contributed by atoms with Gasteiger partial charge in [0.05, 0.1) is 6.61 Å². The first-order chi connectivity index (χ1) is 8.31. The minimum absolute atomic E-state index is 0.657. The third kappa shape index (κ3) is 3.20. The Hall–Kier alpha value is -1.06. The molecule has 2 rings (SSSR count). The Kier molecular flexibility index (Phi) is 4.40. The van der Waals surface area contributed by atoms with E-state index >= 15 is 0 Å². The molecular weight excluding hydrogens is 212 g/mol. The van der Waals surface area contributed by atoms with E-state index in [0.717, 1.165) is 32.0 Å². The van der Waals surface area contributed by atoms with Crippen LogP contribution in [0, 0.1) is 0 Å². The first-order valence-corrected chi connectivity index (χ1v) is 6.43. The normalized spacial score (nSPS) is 19.8. The monoisotopic (exact) mass is 234 g/mol. The summed E-state index contributed by atoms with van der Waals surface area (Å²) in [4.78, 5) is 2.41. The van der Waals surface area contributed by atoms with Crippen LogP contribution in [0.15, 0.2) is 24.3 Å². The maximum absolute atomic E-state index is 5.66. The van der Waals surface area contributed by atoms with Crippen molar-refractivity contribution in [3.8, 4) is 5.75 Å². The highest BCUT2D eigenvalue weighted by molar-refractivity contribution is 5.33. The molecule has 0 spiro atoms. The maximum atomic E-state index is 5.66. The molecule has 1 saturated heterocycles. The zero-order chi connectivity index (χ0) is 12.1. The summed E-state index contributed by atoms with van der Waals surface area (Å²) in [5.41, 5.74) is 1.28. The summed E-state index contributed by atoms with van der Waals surface area (Å²) in [5.74, 6) is 1.02. The van der Waals surface area contributed by atoms with Gasteiger partial charge in [0.25, 0.3) is 0 Å². The van der Waals surface area contributed by atoms with Crippen molar-refractivity contribution in [2.45, 2.75) is 25.9 Å². The Morgan fingerprint density at radius 2 is 2.24 bits per heavy atom. The zero-order valence-corrected chi connectivity index (χ0v) is 10.8. The largest absolute Gasteiger partial charge is 0.494 e. The molecule has 0 amide bonds. The van der Waals surface area contributed by atoms with Crippen LogP contribution in [0.1, 0.15) is 18.9 Å². The van der Waals surface area contributed by atoms with Crippen molar-refractivity contribution in [2.75, 3.05) is 26.7 Å². The minimum atomic E-state index is 0.657. The summed E-state index contributed by atoms with van der Waals surface area (Å²) in [7, 11) is 2.19. The van der Waals surface area contributed by atoms with Crippen LogP contribution in [0.5, 0.6) is 5.75 Å². The Morgan fingerprint density at radius 3 is 2.94 bits per heavy atom. The molecule has 0 aromatic heterocycles. The number of likely N-dealkylation sites (N-methyl/N-ethyl adjacent to an activating group) is 1. The van der Waals surface area contributed by atoms with Gasteiger partial charge in [-0.3, -0.25) is 4.90 Å². The third-order valence-electron chi connectivity index (χ3n) is 3.35. The van der Waals surface area contributed by atoms with Gasteiger partial charge in [-0.1, -0.05) is 18.2 Å². The summed E-state index contributed by atoms with van der Waals surface area (Å²) >= 11 is 0. The Balaban J connectivity index is 2.01. The van der Waals surface area contributed by atoms with Crippen LogP contribution in [-0.4, -0.2) is 37.7 Å². The Morgan fingerprint density at radius 1 is 1.41 bits per heavy atom. The van der Waals surface area contributed by atoms with Crippen LogP contribution >= 0.6 is 0 Å². The number of benzene rings is 1. The van der Waals surface area contributed by atoms with Crippen LogP contribution in [0.25, 0.3) is 0 Å². The topological polar surface area (TPSA) is 24.5 Å². The molecule has 0 radical (unpaired) electrons. The number of para-hydroxylation sites is 1. The van der Waals surface area contributed by atoms with Gasteiger partial charge in [0, 0.05) is 24.7 Å². The van der Waals surface area contributed by atoms with E-state index in [0.29, 0.717) is 6.04 Å². The fourth-order valence-electron chi connectivity index (χ4n) is 2.34. The van der Waals surface area contributed by atoms with E-state index in [-0.39, 0.29) is 0 Å². The van der Waals surface area contributed by atoms with Crippen molar-refractivity contribution in [2.24, 2.45) is 0 Å². The lowest BCUT2D eigenvalue weighted by molar-refractivity contribution is 0.242. The molecule has 1 atom stereocenters. The highest BCUT2D eigenvalue weighted by atomic mass is 16.5. The first-order valence-electron chi connectivity index (χ1n) is 6.43. The molecule has 94 valence electrons. The van der Waals surface area contributed by atoms with Gasteiger partial charge < -0.3 is 10.1 Å². The predicted octanol–water partition coefficient (Wildman–Crippen LogP) is 1.88. The lowest BCUT2D eigenvalue weighted by Crippen LogP contribution is -2.32. The molecule has 1 fully saturated rings. The average Bonchev–Trinajstić information content (AvgIpc) is 2.85. The summed E-state index contributed by atoms with van der Waals surface area (Å²) in [6.45, 7) is 5.96. The molecule has 0 aliphatic carbocycles. The van der Waals surface area contributed by atoms with Gasteiger partial charge in [0.1, 0.15) is 5.75 Å². The third-order valence-corrected chi connectivity index (χ3v) is 3.35. The summed E-state index contributed by atoms with van der Waals surface area (Å²) in [6, 6.07) is 8.98. The van der Waals surface area contributed by atoms with Crippen LogP contribution in [0.2, 0.25) is 0 Å². The SMILES string of the molecule is CCOc1ccccc1CN(C)C1CCNC1. The van der Waals surface area contributed by atoms with Crippen molar-refractivity contribution < 1.29 is 4.74 Å². The minimum Gasteiger partial charge on any atom is -0.494 e. The van der Waals surface area contributed by atoms with Crippen molar-refractivity contribution in [3.63, 3.8) is 0 Å². The highest BCUT2D eigenvalue weighted by Gasteiger charge is 2.19. The molecule has 0 saturated carbocycles. The molecule has 1 aliphatic heterocycles. The predicted molar refractivity (Wildman–Crippen MR) is 70.4 cm³/mol. The fourth-order valence-corrected chi connectivity index (χ4v) is 2.34. The van der Waals surface area contributed by atoms with E-state index in [4.69, 9.17) is 4.74 Å². The number of rotatable bonds is 5. The summed E-state index contributed by atoms with van der Waals surface area (Å²) < 4.78 is 5.66. The van der Waals surface area contributed by atoms with Crippen LogP contribution in [-0.2, 0) is 6.54 Å². The van der Waals surface area contributed by atoms with E-state index in [2.05, 4.69) is 35.5 Å². The summed E-state index contributed by atoms with van der Waals surface area (Å²) in [5, 5.41) is 3.41. The molecule has 1 N–H and O–H groups in total. The Labute approximate surface area is 104 Å². The number of nitrogens with zero attached hydrogens (tertiary/aromatic N) is 1. The average molecular weight is 234 g/mol. The van der Waals surface area contributed by atoms with Crippen LogP contribution in [0.4, 0.5) is 0 Å². The summed E-state index contributed by atoms with van der Waals surface area (Å²) in [6.07, 6.45) is 1.24. The molecule has 1 aromatic carbocycles. The first kappa shape index (κ1) is 12.4. The smallest absolute Gasteiger partial charge is 0.123 e. The fraction of sp³-hybridized carbons (Fsp3) is 0.571.